The first kappa shape index (κ1) is 26.9. The van der Waals surface area contributed by atoms with Gasteiger partial charge in [0.15, 0.2) is 0 Å². The summed E-state index contributed by atoms with van der Waals surface area (Å²) in [5.74, 6) is -0.522. The Kier molecular flexibility index (Phi) is 7.56. The van der Waals surface area contributed by atoms with E-state index < -0.39 is 17.8 Å². The summed E-state index contributed by atoms with van der Waals surface area (Å²) < 4.78 is 41.0. The number of carbonyl (C=O) groups excluding carboxylic acids is 2. The highest BCUT2D eigenvalue weighted by Gasteiger charge is 2.35. The molecule has 0 saturated heterocycles. The molecule has 1 N–H and O–H groups in total. The Morgan fingerprint density at radius 3 is 2.33 bits per heavy atom. The lowest BCUT2D eigenvalue weighted by Gasteiger charge is -2.38. The minimum atomic E-state index is -4.50. The van der Waals surface area contributed by atoms with Crippen molar-refractivity contribution in [1.29, 1.82) is 0 Å². The van der Waals surface area contributed by atoms with Crippen LogP contribution in [0.2, 0.25) is 0 Å². The summed E-state index contributed by atoms with van der Waals surface area (Å²) in [5.41, 5.74) is 4.59. The van der Waals surface area contributed by atoms with Crippen molar-refractivity contribution in [2.45, 2.75) is 18.6 Å². The average Bonchev–Trinajstić information content (AvgIpc) is 2.99. The van der Waals surface area contributed by atoms with Gasteiger partial charge in [0.25, 0.3) is 5.91 Å². The molecule has 0 radical (unpaired) electrons. The van der Waals surface area contributed by atoms with Crippen molar-refractivity contribution in [3.63, 3.8) is 0 Å². The number of benzene rings is 4. The number of nitrogens with one attached hydrogen (secondary N) is 1. The quantitative estimate of drug-likeness (QED) is 0.280. The standard InChI is InChI=1S/C33H27F3N2O2/c1-37-32(40)25-13-10-22(11-14-25)12-17-30(39)38-19-18-24-15-16-26(23-6-3-2-4-7-23)21-29(24)31(38)27-8-5-9-28(20-27)33(34,35)36/h2-17,20-21,31H,18-19H2,1H3,(H,37,40)/b17-12+. The zero-order valence-electron chi connectivity index (χ0n) is 21.8. The van der Waals surface area contributed by atoms with Crippen LogP contribution < -0.4 is 5.32 Å². The largest absolute Gasteiger partial charge is 0.416 e. The smallest absolute Gasteiger partial charge is 0.355 e. The molecule has 4 aromatic carbocycles. The van der Waals surface area contributed by atoms with Gasteiger partial charge in [-0.05, 0) is 76.2 Å². The van der Waals surface area contributed by atoms with E-state index in [0.29, 0.717) is 24.1 Å². The third-order valence-corrected chi connectivity index (χ3v) is 7.11. The molecule has 0 fully saturated rings. The van der Waals surface area contributed by atoms with Crippen molar-refractivity contribution in [2.24, 2.45) is 0 Å². The molecule has 2 amide bonds. The molecule has 1 unspecified atom stereocenters. The summed E-state index contributed by atoms with van der Waals surface area (Å²) >= 11 is 0. The Morgan fingerprint density at radius 2 is 1.62 bits per heavy atom. The lowest BCUT2D eigenvalue weighted by molar-refractivity contribution is -0.137. The molecule has 0 aromatic heterocycles. The molecule has 1 aliphatic heterocycles. The highest BCUT2D eigenvalue weighted by molar-refractivity contribution is 5.95. The predicted octanol–water partition coefficient (Wildman–Crippen LogP) is 6.92. The number of amides is 2. The summed E-state index contributed by atoms with van der Waals surface area (Å²) in [6.45, 7) is 0.359. The van der Waals surface area contributed by atoms with E-state index in [1.807, 2.05) is 48.5 Å². The van der Waals surface area contributed by atoms with Crippen LogP contribution >= 0.6 is 0 Å². The molecular formula is C33H27F3N2O2. The van der Waals surface area contributed by atoms with Crippen LogP contribution in [0.4, 0.5) is 13.2 Å². The fraction of sp³-hybridized carbons (Fsp3) is 0.152. The van der Waals surface area contributed by atoms with Gasteiger partial charge in [0.05, 0.1) is 11.6 Å². The minimum absolute atomic E-state index is 0.211. The molecule has 4 aromatic rings. The molecule has 1 aliphatic rings. The van der Waals surface area contributed by atoms with Crippen molar-refractivity contribution in [2.75, 3.05) is 13.6 Å². The maximum atomic E-state index is 13.7. The first-order valence-corrected chi connectivity index (χ1v) is 12.9. The van der Waals surface area contributed by atoms with Gasteiger partial charge in [-0.15, -0.1) is 0 Å². The van der Waals surface area contributed by atoms with E-state index in [0.717, 1.165) is 39.9 Å². The second kappa shape index (κ2) is 11.2. The number of hydrogen-bond donors (Lipinski definition) is 1. The monoisotopic (exact) mass is 540 g/mol. The van der Waals surface area contributed by atoms with E-state index in [9.17, 15) is 22.8 Å². The first-order valence-electron chi connectivity index (χ1n) is 12.9. The Bertz CT molecular complexity index is 1560. The number of nitrogens with zero attached hydrogens (tertiary/aromatic N) is 1. The number of carbonyl (C=O) groups is 2. The molecule has 0 saturated carbocycles. The fourth-order valence-electron chi connectivity index (χ4n) is 5.06. The van der Waals surface area contributed by atoms with E-state index in [4.69, 9.17) is 0 Å². The van der Waals surface area contributed by atoms with Crippen LogP contribution in [0.25, 0.3) is 17.2 Å². The number of halogens is 3. The normalized spacial score (nSPS) is 15.1. The zero-order valence-corrected chi connectivity index (χ0v) is 21.8. The second-order valence-electron chi connectivity index (χ2n) is 9.62. The molecule has 0 aliphatic carbocycles. The molecule has 1 atom stereocenters. The lowest BCUT2D eigenvalue weighted by atomic mass is 9.85. The average molecular weight is 541 g/mol. The highest BCUT2D eigenvalue weighted by atomic mass is 19.4. The molecule has 40 heavy (non-hydrogen) atoms. The van der Waals surface area contributed by atoms with Crippen molar-refractivity contribution < 1.29 is 22.8 Å². The van der Waals surface area contributed by atoms with Gasteiger partial charge >= 0.3 is 6.18 Å². The summed E-state index contributed by atoms with van der Waals surface area (Å²) in [4.78, 5) is 27.0. The lowest BCUT2D eigenvalue weighted by Crippen LogP contribution is -2.39. The zero-order chi connectivity index (χ0) is 28.3. The van der Waals surface area contributed by atoms with Crippen molar-refractivity contribution in [3.05, 3.63) is 137 Å². The van der Waals surface area contributed by atoms with Crippen LogP contribution in [0.1, 0.15) is 44.2 Å². The van der Waals surface area contributed by atoms with Gasteiger partial charge in [-0.25, -0.2) is 0 Å². The Balaban J connectivity index is 1.53. The molecule has 0 bridgehead atoms. The summed E-state index contributed by atoms with van der Waals surface area (Å²) in [6.07, 6.45) is -0.841. The van der Waals surface area contributed by atoms with E-state index in [1.165, 1.54) is 12.1 Å². The van der Waals surface area contributed by atoms with Crippen LogP contribution in [0.15, 0.2) is 103 Å². The molecule has 7 heteroatoms. The van der Waals surface area contributed by atoms with E-state index >= 15 is 0 Å². The fourth-order valence-corrected chi connectivity index (χ4v) is 5.06. The van der Waals surface area contributed by atoms with Crippen LogP contribution in [0.3, 0.4) is 0 Å². The van der Waals surface area contributed by atoms with E-state index in [2.05, 4.69) is 5.32 Å². The number of rotatable bonds is 5. The van der Waals surface area contributed by atoms with Crippen molar-refractivity contribution in [1.82, 2.24) is 10.2 Å². The second-order valence-corrected chi connectivity index (χ2v) is 9.62. The van der Waals surface area contributed by atoms with Gasteiger partial charge in [-0.3, -0.25) is 9.59 Å². The van der Waals surface area contributed by atoms with Gasteiger partial charge in [-0.2, -0.15) is 13.2 Å². The van der Waals surface area contributed by atoms with Crippen molar-refractivity contribution >= 4 is 17.9 Å². The Hall–Kier alpha value is -4.65. The first-order chi connectivity index (χ1) is 19.2. The van der Waals surface area contributed by atoms with Gasteiger partial charge < -0.3 is 10.2 Å². The van der Waals surface area contributed by atoms with Gasteiger partial charge in [-0.1, -0.05) is 66.7 Å². The van der Waals surface area contributed by atoms with Gasteiger partial charge in [0, 0.05) is 25.2 Å². The van der Waals surface area contributed by atoms with E-state index in [1.54, 1.807) is 48.4 Å². The van der Waals surface area contributed by atoms with Gasteiger partial charge in [0.1, 0.15) is 0 Å². The van der Waals surface area contributed by atoms with Crippen LogP contribution in [-0.2, 0) is 17.4 Å². The summed E-state index contributed by atoms with van der Waals surface area (Å²) in [5, 5.41) is 2.56. The van der Waals surface area contributed by atoms with Gasteiger partial charge in [0.2, 0.25) is 5.91 Å². The number of fused-ring (bicyclic) bond motifs is 1. The van der Waals surface area contributed by atoms with E-state index in [-0.39, 0.29) is 11.8 Å². The molecule has 4 nitrogen and oxygen atoms in total. The van der Waals surface area contributed by atoms with Crippen LogP contribution in [0, 0.1) is 0 Å². The highest BCUT2D eigenvalue weighted by Crippen LogP contribution is 2.39. The number of hydrogen-bond acceptors (Lipinski definition) is 2. The maximum Gasteiger partial charge on any atom is 0.416 e. The Morgan fingerprint density at radius 1 is 0.875 bits per heavy atom. The van der Waals surface area contributed by atoms with Crippen molar-refractivity contribution in [3.8, 4) is 11.1 Å². The van der Waals surface area contributed by atoms with Crippen LogP contribution in [-0.4, -0.2) is 30.3 Å². The summed E-state index contributed by atoms with van der Waals surface area (Å²) in [6, 6.07) is 27.0. The third kappa shape index (κ3) is 5.69. The summed E-state index contributed by atoms with van der Waals surface area (Å²) in [7, 11) is 1.55. The number of alkyl halides is 3. The third-order valence-electron chi connectivity index (χ3n) is 7.11. The molecule has 0 spiro atoms. The molecule has 5 rings (SSSR count). The Labute approximate surface area is 230 Å². The molecule has 1 heterocycles. The molecular weight excluding hydrogens is 513 g/mol. The maximum absolute atomic E-state index is 13.7. The predicted molar refractivity (Wildman–Crippen MR) is 149 cm³/mol. The SMILES string of the molecule is CNC(=O)c1ccc(/C=C/C(=O)N2CCc3ccc(-c4ccccc4)cc3C2c2cccc(C(F)(F)F)c2)cc1. The topological polar surface area (TPSA) is 49.4 Å². The molecule has 202 valence electrons. The van der Waals surface area contributed by atoms with Crippen LogP contribution in [0.5, 0.6) is 0 Å². The minimum Gasteiger partial charge on any atom is -0.355 e.